The van der Waals surface area contributed by atoms with Gasteiger partial charge in [0.05, 0.1) is 5.76 Å². The zero-order valence-corrected chi connectivity index (χ0v) is 7.00. The summed E-state index contributed by atoms with van der Waals surface area (Å²) in [6, 6.07) is 0. The SMILES string of the molecule is CC1=CC=C(OC(C)O)CC1. The second kappa shape index (κ2) is 3.58. The molecule has 1 aliphatic carbocycles. The van der Waals surface area contributed by atoms with Crippen molar-refractivity contribution in [3.8, 4) is 0 Å². The third-order valence-corrected chi connectivity index (χ3v) is 1.64. The van der Waals surface area contributed by atoms with Crippen molar-refractivity contribution in [1.82, 2.24) is 0 Å². The third kappa shape index (κ3) is 2.76. The van der Waals surface area contributed by atoms with Crippen LogP contribution in [0.15, 0.2) is 23.5 Å². The van der Waals surface area contributed by atoms with E-state index >= 15 is 0 Å². The fourth-order valence-corrected chi connectivity index (χ4v) is 1.04. The Kier molecular flexibility index (Phi) is 2.71. The first-order valence-corrected chi connectivity index (χ1v) is 3.89. The Bertz CT molecular complexity index is 190. The normalized spacial score (nSPS) is 20.3. The highest BCUT2D eigenvalue weighted by Crippen LogP contribution is 2.18. The Morgan fingerprint density at radius 1 is 1.45 bits per heavy atom. The Morgan fingerprint density at radius 3 is 2.64 bits per heavy atom. The quantitative estimate of drug-likeness (QED) is 0.616. The standard InChI is InChI=1S/C9H14O2/c1-7-3-5-9(6-4-7)11-8(2)10/h3,5,8,10H,4,6H2,1-2H3. The van der Waals surface area contributed by atoms with Crippen molar-refractivity contribution in [2.75, 3.05) is 0 Å². The van der Waals surface area contributed by atoms with Crippen LogP contribution in [0.25, 0.3) is 0 Å². The van der Waals surface area contributed by atoms with Crippen molar-refractivity contribution in [3.05, 3.63) is 23.5 Å². The number of rotatable bonds is 2. The van der Waals surface area contributed by atoms with E-state index in [-0.39, 0.29) is 0 Å². The van der Waals surface area contributed by atoms with E-state index in [0.29, 0.717) is 0 Å². The van der Waals surface area contributed by atoms with Gasteiger partial charge in [-0.15, -0.1) is 0 Å². The molecule has 11 heavy (non-hydrogen) atoms. The van der Waals surface area contributed by atoms with Crippen molar-refractivity contribution in [1.29, 1.82) is 0 Å². The molecule has 1 N–H and O–H groups in total. The highest BCUT2D eigenvalue weighted by molar-refractivity contribution is 5.19. The highest BCUT2D eigenvalue weighted by Gasteiger charge is 2.05. The number of allylic oxidation sites excluding steroid dienone is 4. The van der Waals surface area contributed by atoms with Crippen molar-refractivity contribution in [2.45, 2.75) is 33.0 Å². The predicted molar refractivity (Wildman–Crippen MR) is 43.8 cm³/mol. The molecule has 0 heterocycles. The van der Waals surface area contributed by atoms with Crippen molar-refractivity contribution < 1.29 is 9.84 Å². The van der Waals surface area contributed by atoms with E-state index < -0.39 is 6.29 Å². The second-order valence-electron chi connectivity index (χ2n) is 2.86. The van der Waals surface area contributed by atoms with Crippen LogP contribution in [0, 0.1) is 0 Å². The maximum Gasteiger partial charge on any atom is 0.194 e. The lowest BCUT2D eigenvalue weighted by Crippen LogP contribution is -2.07. The van der Waals surface area contributed by atoms with Gasteiger partial charge in [0, 0.05) is 6.42 Å². The van der Waals surface area contributed by atoms with Crippen molar-refractivity contribution in [2.24, 2.45) is 0 Å². The van der Waals surface area contributed by atoms with E-state index in [2.05, 4.69) is 6.92 Å². The monoisotopic (exact) mass is 154 g/mol. The molecule has 1 rings (SSSR count). The molecular weight excluding hydrogens is 140 g/mol. The van der Waals surface area contributed by atoms with Crippen LogP contribution in [-0.2, 0) is 4.74 Å². The minimum Gasteiger partial charge on any atom is -0.470 e. The smallest absolute Gasteiger partial charge is 0.194 e. The summed E-state index contributed by atoms with van der Waals surface area (Å²) in [5, 5.41) is 8.89. The molecule has 0 radical (unpaired) electrons. The molecule has 0 aliphatic heterocycles. The first-order valence-electron chi connectivity index (χ1n) is 3.89. The van der Waals surface area contributed by atoms with E-state index in [4.69, 9.17) is 9.84 Å². The van der Waals surface area contributed by atoms with Crippen LogP contribution >= 0.6 is 0 Å². The Hall–Kier alpha value is -0.760. The third-order valence-electron chi connectivity index (χ3n) is 1.64. The van der Waals surface area contributed by atoms with Gasteiger partial charge in [0.2, 0.25) is 0 Å². The summed E-state index contributed by atoms with van der Waals surface area (Å²) < 4.78 is 5.11. The molecule has 0 aromatic heterocycles. The van der Waals surface area contributed by atoms with E-state index in [9.17, 15) is 0 Å². The molecular formula is C9H14O2. The van der Waals surface area contributed by atoms with Crippen LogP contribution in [0.2, 0.25) is 0 Å². The van der Waals surface area contributed by atoms with Gasteiger partial charge < -0.3 is 9.84 Å². The number of hydrogen-bond acceptors (Lipinski definition) is 2. The zero-order valence-electron chi connectivity index (χ0n) is 7.00. The maximum absolute atomic E-state index is 8.89. The number of hydrogen-bond donors (Lipinski definition) is 1. The molecule has 0 amide bonds. The summed E-state index contributed by atoms with van der Waals surface area (Å²) in [5.74, 6) is 0.880. The Labute approximate surface area is 67.2 Å². The molecule has 62 valence electrons. The first-order chi connectivity index (χ1) is 5.18. The molecule has 0 aromatic rings. The molecule has 1 unspecified atom stereocenters. The minimum absolute atomic E-state index is 0.687. The van der Waals surface area contributed by atoms with Gasteiger partial charge in [-0.3, -0.25) is 0 Å². The molecule has 0 spiro atoms. The number of aliphatic hydroxyl groups is 1. The fourth-order valence-electron chi connectivity index (χ4n) is 1.04. The molecule has 0 saturated heterocycles. The van der Waals surface area contributed by atoms with Crippen LogP contribution in [0.3, 0.4) is 0 Å². The molecule has 0 fully saturated rings. The Morgan fingerprint density at radius 2 is 2.18 bits per heavy atom. The number of aliphatic hydroxyl groups excluding tert-OH is 1. The van der Waals surface area contributed by atoms with Gasteiger partial charge in [0.1, 0.15) is 0 Å². The molecule has 1 aliphatic rings. The lowest BCUT2D eigenvalue weighted by atomic mass is 10.1. The van der Waals surface area contributed by atoms with Crippen LogP contribution in [0.1, 0.15) is 26.7 Å². The van der Waals surface area contributed by atoms with Crippen LogP contribution in [0.4, 0.5) is 0 Å². The molecule has 0 saturated carbocycles. The van der Waals surface area contributed by atoms with E-state index in [1.807, 2.05) is 12.2 Å². The van der Waals surface area contributed by atoms with Crippen molar-refractivity contribution >= 4 is 0 Å². The van der Waals surface area contributed by atoms with E-state index in [1.165, 1.54) is 5.57 Å². The topological polar surface area (TPSA) is 29.5 Å². The van der Waals surface area contributed by atoms with Gasteiger partial charge in [-0.25, -0.2) is 0 Å². The molecule has 0 aromatic carbocycles. The highest BCUT2D eigenvalue weighted by atomic mass is 16.6. The van der Waals surface area contributed by atoms with Gasteiger partial charge in [-0.1, -0.05) is 11.6 Å². The van der Waals surface area contributed by atoms with Gasteiger partial charge >= 0.3 is 0 Å². The van der Waals surface area contributed by atoms with Crippen LogP contribution < -0.4 is 0 Å². The fraction of sp³-hybridized carbons (Fsp3) is 0.556. The zero-order chi connectivity index (χ0) is 8.27. The molecule has 2 nitrogen and oxygen atoms in total. The molecule has 0 bridgehead atoms. The average molecular weight is 154 g/mol. The lowest BCUT2D eigenvalue weighted by Gasteiger charge is -2.15. The average Bonchev–Trinajstić information content (AvgIpc) is 1.93. The lowest BCUT2D eigenvalue weighted by molar-refractivity contribution is -0.0524. The summed E-state index contributed by atoms with van der Waals surface area (Å²) in [6.07, 6.45) is 5.21. The molecule has 1 atom stereocenters. The van der Waals surface area contributed by atoms with Crippen LogP contribution in [0.5, 0.6) is 0 Å². The second-order valence-corrected chi connectivity index (χ2v) is 2.86. The van der Waals surface area contributed by atoms with Crippen LogP contribution in [-0.4, -0.2) is 11.4 Å². The number of ether oxygens (including phenoxy) is 1. The minimum atomic E-state index is -0.687. The van der Waals surface area contributed by atoms with Gasteiger partial charge in [-0.2, -0.15) is 0 Å². The molecule has 2 heteroatoms. The predicted octanol–water partition coefficient (Wildman–Crippen LogP) is 1.97. The largest absolute Gasteiger partial charge is 0.470 e. The summed E-state index contributed by atoms with van der Waals surface area (Å²) in [5.41, 5.74) is 1.36. The summed E-state index contributed by atoms with van der Waals surface area (Å²) in [4.78, 5) is 0. The van der Waals surface area contributed by atoms with E-state index in [0.717, 1.165) is 18.6 Å². The summed E-state index contributed by atoms with van der Waals surface area (Å²) in [7, 11) is 0. The van der Waals surface area contributed by atoms with Gasteiger partial charge in [0.25, 0.3) is 0 Å². The summed E-state index contributed by atoms with van der Waals surface area (Å²) in [6.45, 7) is 3.71. The van der Waals surface area contributed by atoms with Gasteiger partial charge in [-0.05, 0) is 26.3 Å². The van der Waals surface area contributed by atoms with E-state index in [1.54, 1.807) is 6.92 Å². The Balaban J connectivity index is 2.48. The van der Waals surface area contributed by atoms with Gasteiger partial charge in [0.15, 0.2) is 6.29 Å². The maximum atomic E-state index is 8.89. The first kappa shape index (κ1) is 8.34. The summed E-state index contributed by atoms with van der Waals surface area (Å²) >= 11 is 0. The van der Waals surface area contributed by atoms with Crippen molar-refractivity contribution in [3.63, 3.8) is 0 Å².